The van der Waals surface area contributed by atoms with Crippen LogP contribution in [-0.2, 0) is 4.79 Å². The Morgan fingerprint density at radius 1 is 1.69 bits per heavy atom. The summed E-state index contributed by atoms with van der Waals surface area (Å²) in [5, 5.41) is 9.42. The van der Waals surface area contributed by atoms with Crippen LogP contribution in [0.25, 0.3) is 0 Å². The molecule has 0 fully saturated rings. The van der Waals surface area contributed by atoms with E-state index in [0.29, 0.717) is 6.42 Å². The largest absolute Gasteiger partial charge is 0.370 e. The van der Waals surface area contributed by atoms with Crippen molar-refractivity contribution in [3.05, 3.63) is 0 Å². The Morgan fingerprint density at radius 2 is 2.31 bits per heavy atom. The molecule has 1 amide bonds. The molecular weight excluding hydrogens is 168 g/mol. The predicted molar refractivity (Wildman–Crippen MR) is 50.3 cm³/mol. The lowest BCUT2D eigenvalue weighted by atomic mass is 10.1. The fourth-order valence-corrected chi connectivity index (χ4v) is 0.697. The molecule has 1 unspecified atom stereocenters. The topological polar surface area (TPSA) is 75.3 Å². The summed E-state index contributed by atoms with van der Waals surface area (Å²) in [5.41, 5.74) is 0.177. The van der Waals surface area contributed by atoms with Crippen molar-refractivity contribution in [3.8, 4) is 11.8 Å². The van der Waals surface area contributed by atoms with Gasteiger partial charge in [0.1, 0.15) is 0 Å². The minimum absolute atomic E-state index is 0.684. The van der Waals surface area contributed by atoms with Crippen LogP contribution in [0.15, 0.2) is 0 Å². The summed E-state index contributed by atoms with van der Waals surface area (Å²) in [7, 11) is 0. The molecule has 0 aliphatic rings. The van der Waals surface area contributed by atoms with E-state index in [1.54, 1.807) is 0 Å². The highest BCUT2D eigenvalue weighted by molar-refractivity contribution is 5.87. The zero-order valence-corrected chi connectivity index (χ0v) is 8.05. The van der Waals surface area contributed by atoms with Gasteiger partial charge in [-0.3, -0.25) is 10.2 Å². The van der Waals surface area contributed by atoms with Crippen molar-refractivity contribution in [2.45, 2.75) is 38.7 Å². The van der Waals surface area contributed by atoms with E-state index < -0.39 is 11.5 Å². The summed E-state index contributed by atoms with van der Waals surface area (Å²) < 4.78 is 0. The van der Waals surface area contributed by atoms with Gasteiger partial charge in [0.15, 0.2) is 0 Å². The molecule has 0 aromatic carbocycles. The number of unbranched alkanes of at least 4 members (excludes halogenated alkanes) is 2. The Morgan fingerprint density at radius 3 is 2.77 bits per heavy atom. The van der Waals surface area contributed by atoms with Crippen LogP contribution in [0, 0.1) is 11.8 Å². The van der Waals surface area contributed by atoms with Gasteiger partial charge in [-0.15, -0.1) is 0 Å². The lowest BCUT2D eigenvalue weighted by Crippen LogP contribution is -2.46. The molecule has 74 valence electrons. The number of hydrazine groups is 1. The third kappa shape index (κ3) is 4.51. The SMILES string of the molecule is CCCCC#CC(C)(O)C(=O)NN. The maximum absolute atomic E-state index is 10.9. The third-order valence-corrected chi connectivity index (χ3v) is 1.56. The van der Waals surface area contributed by atoms with E-state index in [0.717, 1.165) is 12.8 Å². The summed E-state index contributed by atoms with van der Waals surface area (Å²) in [4.78, 5) is 10.9. The number of rotatable bonds is 3. The highest BCUT2D eigenvalue weighted by Gasteiger charge is 2.26. The van der Waals surface area contributed by atoms with Crippen molar-refractivity contribution >= 4 is 5.91 Å². The molecule has 4 N–H and O–H groups in total. The molecule has 0 aromatic heterocycles. The predicted octanol–water partition coefficient (Wildman–Crippen LogP) is -0.0791. The zero-order chi connectivity index (χ0) is 10.3. The van der Waals surface area contributed by atoms with Crippen molar-refractivity contribution in [2.75, 3.05) is 0 Å². The first-order chi connectivity index (χ1) is 6.04. The summed E-state index contributed by atoms with van der Waals surface area (Å²) in [6.07, 6.45) is 2.69. The van der Waals surface area contributed by atoms with Gasteiger partial charge in [-0.25, -0.2) is 5.84 Å². The van der Waals surface area contributed by atoms with Crippen LogP contribution < -0.4 is 11.3 Å². The molecule has 0 bridgehead atoms. The van der Waals surface area contributed by atoms with Gasteiger partial charge in [0.05, 0.1) is 0 Å². The van der Waals surface area contributed by atoms with E-state index in [1.807, 2.05) is 12.3 Å². The van der Waals surface area contributed by atoms with Crippen molar-refractivity contribution in [1.29, 1.82) is 0 Å². The number of carbonyl (C=O) groups excluding carboxylic acids is 1. The van der Waals surface area contributed by atoms with Gasteiger partial charge >= 0.3 is 0 Å². The van der Waals surface area contributed by atoms with Crippen LogP contribution in [0.5, 0.6) is 0 Å². The summed E-state index contributed by atoms with van der Waals surface area (Å²) in [6, 6.07) is 0. The molecular formula is C9H16N2O2. The van der Waals surface area contributed by atoms with Gasteiger partial charge in [0.25, 0.3) is 5.91 Å². The molecule has 0 radical (unpaired) electrons. The number of hydrogen-bond acceptors (Lipinski definition) is 3. The van der Waals surface area contributed by atoms with Crippen LogP contribution in [0.3, 0.4) is 0 Å². The number of nitrogens with two attached hydrogens (primary N) is 1. The normalized spacial score (nSPS) is 13.8. The van der Waals surface area contributed by atoms with E-state index in [4.69, 9.17) is 5.84 Å². The van der Waals surface area contributed by atoms with Crippen molar-refractivity contribution < 1.29 is 9.90 Å². The molecule has 0 saturated carbocycles. The Bertz CT molecular complexity index is 226. The van der Waals surface area contributed by atoms with Crippen LogP contribution in [0.1, 0.15) is 33.1 Å². The number of aliphatic hydroxyl groups is 1. The van der Waals surface area contributed by atoms with E-state index in [-0.39, 0.29) is 0 Å². The Labute approximate surface area is 78.5 Å². The number of amides is 1. The van der Waals surface area contributed by atoms with Crippen molar-refractivity contribution in [2.24, 2.45) is 5.84 Å². The summed E-state index contributed by atoms with van der Waals surface area (Å²) in [6.45, 7) is 3.36. The molecule has 0 spiro atoms. The van der Waals surface area contributed by atoms with Gasteiger partial charge in [-0.2, -0.15) is 0 Å². The van der Waals surface area contributed by atoms with Crippen molar-refractivity contribution in [1.82, 2.24) is 5.43 Å². The van der Waals surface area contributed by atoms with Crippen LogP contribution in [0.2, 0.25) is 0 Å². The second-order valence-corrected chi connectivity index (χ2v) is 2.95. The summed E-state index contributed by atoms with van der Waals surface area (Å²) >= 11 is 0. The quantitative estimate of drug-likeness (QED) is 0.189. The number of carbonyl (C=O) groups is 1. The zero-order valence-electron chi connectivity index (χ0n) is 8.05. The molecule has 1 atom stereocenters. The maximum Gasteiger partial charge on any atom is 0.278 e. The number of nitrogens with one attached hydrogen (secondary N) is 1. The molecule has 0 aromatic rings. The molecule has 0 rings (SSSR count). The molecule has 4 heteroatoms. The first-order valence-electron chi connectivity index (χ1n) is 4.28. The van der Waals surface area contributed by atoms with E-state index in [2.05, 4.69) is 11.8 Å². The molecule has 13 heavy (non-hydrogen) atoms. The fourth-order valence-electron chi connectivity index (χ4n) is 0.697. The highest BCUT2D eigenvalue weighted by Crippen LogP contribution is 2.00. The Hall–Kier alpha value is -1.05. The lowest BCUT2D eigenvalue weighted by molar-refractivity contribution is -0.133. The second kappa shape index (κ2) is 5.57. The van der Waals surface area contributed by atoms with Crippen LogP contribution in [0.4, 0.5) is 0 Å². The Balaban J connectivity index is 4.12. The first kappa shape index (κ1) is 11.9. The minimum Gasteiger partial charge on any atom is -0.370 e. The second-order valence-electron chi connectivity index (χ2n) is 2.95. The monoisotopic (exact) mass is 184 g/mol. The van der Waals surface area contributed by atoms with E-state index >= 15 is 0 Å². The summed E-state index contributed by atoms with van der Waals surface area (Å²) in [5.74, 6) is 9.36. The highest BCUT2D eigenvalue weighted by atomic mass is 16.3. The van der Waals surface area contributed by atoms with E-state index in [9.17, 15) is 9.90 Å². The van der Waals surface area contributed by atoms with Crippen LogP contribution >= 0.6 is 0 Å². The van der Waals surface area contributed by atoms with Gasteiger partial charge in [0.2, 0.25) is 5.60 Å². The third-order valence-electron chi connectivity index (χ3n) is 1.56. The number of hydrogen-bond donors (Lipinski definition) is 3. The van der Waals surface area contributed by atoms with Gasteiger partial charge < -0.3 is 5.11 Å². The molecule has 0 aliphatic heterocycles. The molecule has 0 saturated heterocycles. The average molecular weight is 184 g/mol. The minimum atomic E-state index is -1.68. The van der Waals surface area contributed by atoms with Gasteiger partial charge in [-0.1, -0.05) is 25.2 Å². The standard InChI is InChI=1S/C9H16N2O2/c1-3-4-5-6-7-9(2,13)8(12)11-10/h13H,3-5,10H2,1-2H3,(H,11,12). The molecule has 4 nitrogen and oxygen atoms in total. The fraction of sp³-hybridized carbons (Fsp3) is 0.667. The first-order valence-corrected chi connectivity index (χ1v) is 4.28. The van der Waals surface area contributed by atoms with Gasteiger partial charge in [0, 0.05) is 6.42 Å². The van der Waals surface area contributed by atoms with Gasteiger partial charge in [-0.05, 0) is 13.3 Å². The average Bonchev–Trinajstić information content (AvgIpc) is 2.11. The molecule has 0 heterocycles. The molecule has 0 aliphatic carbocycles. The van der Waals surface area contributed by atoms with Crippen LogP contribution in [-0.4, -0.2) is 16.6 Å². The van der Waals surface area contributed by atoms with E-state index in [1.165, 1.54) is 6.92 Å². The smallest absolute Gasteiger partial charge is 0.278 e. The maximum atomic E-state index is 10.9. The van der Waals surface area contributed by atoms with Crippen molar-refractivity contribution in [3.63, 3.8) is 0 Å². The Kier molecular flexibility index (Phi) is 5.12. The lowest BCUT2D eigenvalue weighted by Gasteiger charge is -2.12.